The number of nitrogens with one attached hydrogen (secondary N) is 1. The van der Waals surface area contributed by atoms with Gasteiger partial charge in [0.2, 0.25) is 11.9 Å². The average Bonchev–Trinajstić information content (AvgIpc) is 2.46. The molecule has 0 amide bonds. The van der Waals surface area contributed by atoms with Crippen LogP contribution in [0.4, 0.5) is 11.9 Å². The van der Waals surface area contributed by atoms with Crippen molar-refractivity contribution in [3.8, 4) is 6.01 Å². The monoisotopic (exact) mass is 274 g/mol. The Kier molecular flexibility index (Phi) is 4.29. The SMILES string of the molecule is CNc1nc(OC)nc(N(C)Cc2cccc(C)n2)n1. The molecule has 7 nitrogen and oxygen atoms in total. The number of aromatic nitrogens is 4. The van der Waals surface area contributed by atoms with Crippen LogP contribution in [-0.2, 0) is 6.54 Å². The van der Waals surface area contributed by atoms with Gasteiger partial charge < -0.3 is 15.0 Å². The van der Waals surface area contributed by atoms with E-state index in [1.54, 1.807) is 7.05 Å². The number of rotatable bonds is 5. The molecule has 0 aliphatic carbocycles. The summed E-state index contributed by atoms with van der Waals surface area (Å²) < 4.78 is 5.07. The lowest BCUT2D eigenvalue weighted by Gasteiger charge is -2.17. The molecule has 1 N–H and O–H groups in total. The molecular weight excluding hydrogens is 256 g/mol. The molecule has 2 aromatic rings. The van der Waals surface area contributed by atoms with Gasteiger partial charge in [0.25, 0.3) is 0 Å². The van der Waals surface area contributed by atoms with E-state index < -0.39 is 0 Å². The van der Waals surface area contributed by atoms with Gasteiger partial charge in [0, 0.05) is 19.8 Å². The predicted octanol–water partition coefficient (Wildman–Crippen LogP) is 1.26. The Hall–Kier alpha value is -2.44. The van der Waals surface area contributed by atoms with E-state index >= 15 is 0 Å². The fourth-order valence-electron chi connectivity index (χ4n) is 1.72. The minimum Gasteiger partial charge on any atom is -0.467 e. The molecule has 0 saturated carbocycles. The van der Waals surface area contributed by atoms with Gasteiger partial charge in [0.1, 0.15) is 0 Å². The maximum absolute atomic E-state index is 5.07. The summed E-state index contributed by atoms with van der Waals surface area (Å²) in [5.41, 5.74) is 1.94. The molecule has 2 rings (SSSR count). The van der Waals surface area contributed by atoms with Crippen molar-refractivity contribution in [3.63, 3.8) is 0 Å². The normalized spacial score (nSPS) is 10.2. The van der Waals surface area contributed by atoms with Crippen LogP contribution in [0.2, 0.25) is 0 Å². The van der Waals surface area contributed by atoms with Crippen LogP contribution in [0.3, 0.4) is 0 Å². The summed E-state index contributed by atoms with van der Waals surface area (Å²) in [4.78, 5) is 19.0. The van der Waals surface area contributed by atoms with E-state index in [0.717, 1.165) is 11.4 Å². The van der Waals surface area contributed by atoms with Crippen LogP contribution in [0.5, 0.6) is 6.01 Å². The molecule has 0 saturated heterocycles. The van der Waals surface area contributed by atoms with E-state index in [1.807, 2.05) is 37.1 Å². The van der Waals surface area contributed by atoms with Gasteiger partial charge in [-0.05, 0) is 19.1 Å². The fraction of sp³-hybridized carbons (Fsp3) is 0.385. The van der Waals surface area contributed by atoms with E-state index in [-0.39, 0.29) is 6.01 Å². The quantitative estimate of drug-likeness (QED) is 0.879. The molecule has 0 aromatic carbocycles. The Morgan fingerprint density at radius 1 is 1.20 bits per heavy atom. The molecular formula is C13H18N6O. The summed E-state index contributed by atoms with van der Waals surface area (Å²) in [7, 11) is 5.18. The predicted molar refractivity (Wildman–Crippen MR) is 77.0 cm³/mol. The molecule has 106 valence electrons. The van der Waals surface area contributed by atoms with Gasteiger partial charge in [-0.1, -0.05) is 6.07 Å². The Balaban J connectivity index is 2.22. The first kappa shape index (κ1) is 14.0. The zero-order chi connectivity index (χ0) is 14.5. The average molecular weight is 274 g/mol. The van der Waals surface area contributed by atoms with E-state index in [9.17, 15) is 0 Å². The second-order valence-electron chi connectivity index (χ2n) is 4.32. The minimum atomic E-state index is 0.281. The molecule has 2 aromatic heterocycles. The van der Waals surface area contributed by atoms with Gasteiger partial charge in [-0.25, -0.2) is 0 Å². The van der Waals surface area contributed by atoms with E-state index in [0.29, 0.717) is 18.4 Å². The van der Waals surface area contributed by atoms with E-state index in [2.05, 4.69) is 25.3 Å². The second kappa shape index (κ2) is 6.14. The number of pyridine rings is 1. The van der Waals surface area contributed by atoms with Gasteiger partial charge in [-0.15, -0.1) is 0 Å². The standard InChI is InChI=1S/C13H18N6O/c1-9-6-5-7-10(15-9)8-19(3)12-16-11(14-2)17-13(18-12)20-4/h5-7H,8H2,1-4H3,(H,14,16,17,18). The van der Waals surface area contributed by atoms with Crippen LogP contribution in [0.15, 0.2) is 18.2 Å². The largest absolute Gasteiger partial charge is 0.467 e. The molecule has 2 heterocycles. The highest BCUT2D eigenvalue weighted by atomic mass is 16.5. The third-order valence-corrected chi connectivity index (χ3v) is 2.70. The van der Waals surface area contributed by atoms with Crippen molar-refractivity contribution in [2.75, 3.05) is 31.4 Å². The number of methoxy groups -OCH3 is 1. The molecule has 0 atom stereocenters. The van der Waals surface area contributed by atoms with Crippen molar-refractivity contribution in [2.45, 2.75) is 13.5 Å². The van der Waals surface area contributed by atoms with Gasteiger partial charge in [0.15, 0.2) is 0 Å². The van der Waals surface area contributed by atoms with Crippen LogP contribution in [-0.4, -0.2) is 41.1 Å². The van der Waals surface area contributed by atoms with Crippen LogP contribution in [0.1, 0.15) is 11.4 Å². The lowest BCUT2D eigenvalue weighted by atomic mass is 10.3. The van der Waals surface area contributed by atoms with Crippen molar-refractivity contribution in [2.24, 2.45) is 0 Å². The summed E-state index contributed by atoms with van der Waals surface area (Å²) in [6.45, 7) is 2.58. The van der Waals surface area contributed by atoms with Gasteiger partial charge in [-0.3, -0.25) is 4.98 Å². The van der Waals surface area contributed by atoms with Gasteiger partial charge in [0.05, 0.1) is 19.3 Å². The van der Waals surface area contributed by atoms with Crippen molar-refractivity contribution < 1.29 is 4.74 Å². The van der Waals surface area contributed by atoms with Gasteiger partial charge >= 0.3 is 6.01 Å². The van der Waals surface area contributed by atoms with Crippen molar-refractivity contribution >= 4 is 11.9 Å². The third-order valence-electron chi connectivity index (χ3n) is 2.70. The number of hydrogen-bond acceptors (Lipinski definition) is 7. The van der Waals surface area contributed by atoms with Crippen LogP contribution >= 0.6 is 0 Å². The lowest BCUT2D eigenvalue weighted by Crippen LogP contribution is -2.21. The molecule has 0 spiro atoms. The van der Waals surface area contributed by atoms with Crippen molar-refractivity contribution in [1.29, 1.82) is 0 Å². The molecule has 20 heavy (non-hydrogen) atoms. The highest BCUT2D eigenvalue weighted by Crippen LogP contribution is 2.15. The van der Waals surface area contributed by atoms with E-state index in [1.165, 1.54) is 7.11 Å². The number of anilines is 2. The van der Waals surface area contributed by atoms with Crippen molar-refractivity contribution in [1.82, 2.24) is 19.9 Å². The third kappa shape index (κ3) is 3.31. The molecule has 7 heteroatoms. The summed E-state index contributed by atoms with van der Waals surface area (Å²) in [5.74, 6) is 1.00. The topological polar surface area (TPSA) is 76.1 Å². The maximum atomic E-state index is 5.07. The Bertz CT molecular complexity index is 567. The summed E-state index contributed by atoms with van der Waals surface area (Å²) >= 11 is 0. The van der Waals surface area contributed by atoms with Crippen LogP contribution < -0.4 is 15.0 Å². The van der Waals surface area contributed by atoms with Crippen molar-refractivity contribution in [3.05, 3.63) is 29.6 Å². The molecule has 0 aliphatic heterocycles. The summed E-state index contributed by atoms with van der Waals surface area (Å²) in [5, 5.41) is 2.89. The fourth-order valence-corrected chi connectivity index (χ4v) is 1.72. The number of nitrogens with zero attached hydrogens (tertiary/aromatic N) is 5. The first-order valence-electron chi connectivity index (χ1n) is 6.24. The molecule has 0 bridgehead atoms. The number of ether oxygens (including phenoxy) is 1. The van der Waals surface area contributed by atoms with Crippen LogP contribution in [0.25, 0.3) is 0 Å². The highest BCUT2D eigenvalue weighted by Gasteiger charge is 2.11. The van der Waals surface area contributed by atoms with E-state index in [4.69, 9.17) is 4.74 Å². The Morgan fingerprint density at radius 2 is 2.00 bits per heavy atom. The first-order chi connectivity index (χ1) is 9.62. The molecule has 0 fully saturated rings. The first-order valence-corrected chi connectivity index (χ1v) is 6.24. The molecule has 0 radical (unpaired) electrons. The number of hydrogen-bond donors (Lipinski definition) is 1. The summed E-state index contributed by atoms with van der Waals surface area (Å²) in [6, 6.07) is 6.21. The zero-order valence-electron chi connectivity index (χ0n) is 12.1. The molecule has 0 aliphatic rings. The molecule has 0 unspecified atom stereocenters. The van der Waals surface area contributed by atoms with Crippen LogP contribution in [0, 0.1) is 6.92 Å². The minimum absolute atomic E-state index is 0.281. The maximum Gasteiger partial charge on any atom is 0.322 e. The summed E-state index contributed by atoms with van der Waals surface area (Å²) in [6.07, 6.45) is 0. The highest BCUT2D eigenvalue weighted by molar-refractivity contribution is 5.37. The Labute approximate surface area is 118 Å². The number of aryl methyl sites for hydroxylation is 1. The lowest BCUT2D eigenvalue weighted by molar-refractivity contribution is 0.379. The Morgan fingerprint density at radius 3 is 2.65 bits per heavy atom. The van der Waals surface area contributed by atoms with Gasteiger partial charge in [-0.2, -0.15) is 15.0 Å². The smallest absolute Gasteiger partial charge is 0.322 e. The second-order valence-corrected chi connectivity index (χ2v) is 4.32. The zero-order valence-corrected chi connectivity index (χ0v) is 12.1.